The minimum atomic E-state index is -4.44. The summed E-state index contributed by atoms with van der Waals surface area (Å²) in [6.45, 7) is 1.97. The highest BCUT2D eigenvalue weighted by molar-refractivity contribution is 5.96. The van der Waals surface area contributed by atoms with Crippen LogP contribution < -0.4 is 10.1 Å². The Labute approximate surface area is 187 Å². The van der Waals surface area contributed by atoms with Crippen molar-refractivity contribution >= 4 is 16.8 Å². The number of hydrogen-bond donors (Lipinski definition) is 1. The maximum atomic E-state index is 13.3. The Kier molecular flexibility index (Phi) is 4.58. The number of benzene rings is 1. The molecule has 0 radical (unpaired) electrons. The van der Waals surface area contributed by atoms with Gasteiger partial charge in [0.05, 0.1) is 11.1 Å². The summed E-state index contributed by atoms with van der Waals surface area (Å²) < 4.78 is 43.7. The molecule has 3 fully saturated rings. The van der Waals surface area contributed by atoms with Crippen molar-refractivity contribution < 1.29 is 22.7 Å². The second kappa shape index (κ2) is 7.41. The summed E-state index contributed by atoms with van der Waals surface area (Å²) in [6, 6.07) is 11.4. The topological polar surface area (TPSA) is 67.3 Å². The van der Waals surface area contributed by atoms with Crippen LogP contribution in [0.5, 0.6) is 11.6 Å². The van der Waals surface area contributed by atoms with Gasteiger partial charge in [0.15, 0.2) is 0 Å². The number of aromatic nitrogens is 2. The molecule has 0 aliphatic carbocycles. The summed E-state index contributed by atoms with van der Waals surface area (Å²) in [5.41, 5.74) is 0.258. The normalized spacial score (nSPS) is 26.1. The van der Waals surface area contributed by atoms with E-state index in [1.165, 1.54) is 6.07 Å². The molecule has 2 aromatic heterocycles. The highest BCUT2D eigenvalue weighted by Crippen LogP contribution is 2.47. The zero-order valence-corrected chi connectivity index (χ0v) is 17.5. The van der Waals surface area contributed by atoms with Gasteiger partial charge < -0.3 is 15.0 Å². The number of nitrogens with zero attached hydrogens (tertiary/aromatic N) is 3. The molecule has 0 saturated carbocycles. The summed E-state index contributed by atoms with van der Waals surface area (Å²) in [5, 5.41) is 4.23. The van der Waals surface area contributed by atoms with E-state index in [9.17, 15) is 18.0 Å². The lowest BCUT2D eigenvalue weighted by Gasteiger charge is -2.24. The Hall–Kier alpha value is -3.20. The maximum Gasteiger partial charge on any atom is 0.417 e. The van der Waals surface area contributed by atoms with Crippen molar-refractivity contribution in [3.63, 3.8) is 0 Å². The fraction of sp³-hybridized carbons (Fsp3) is 0.375. The van der Waals surface area contributed by atoms with Gasteiger partial charge in [0.1, 0.15) is 11.4 Å². The van der Waals surface area contributed by atoms with Crippen LogP contribution in [0.15, 0.2) is 48.7 Å². The van der Waals surface area contributed by atoms with Gasteiger partial charge in [-0.3, -0.25) is 4.79 Å². The van der Waals surface area contributed by atoms with Gasteiger partial charge in [-0.25, -0.2) is 9.97 Å². The number of nitrogens with one attached hydrogen (secondary N) is 1. The van der Waals surface area contributed by atoms with E-state index < -0.39 is 11.7 Å². The number of carbonyl (C=O) groups is 1. The van der Waals surface area contributed by atoms with Gasteiger partial charge in [-0.05, 0) is 55.0 Å². The predicted molar refractivity (Wildman–Crippen MR) is 114 cm³/mol. The molecule has 3 aliphatic rings. The van der Waals surface area contributed by atoms with E-state index >= 15 is 0 Å². The lowest BCUT2D eigenvalue weighted by molar-refractivity contribution is -0.137. The Bertz CT molecular complexity index is 1210. The van der Waals surface area contributed by atoms with Crippen molar-refractivity contribution in [2.45, 2.75) is 31.1 Å². The molecule has 2 unspecified atom stereocenters. The number of pyridine rings is 2. The third kappa shape index (κ3) is 3.42. The largest absolute Gasteiger partial charge is 0.439 e. The molecular weight excluding hydrogens is 433 g/mol. The molecule has 9 heteroatoms. The molecule has 3 aromatic rings. The fourth-order valence-corrected chi connectivity index (χ4v) is 5.72. The maximum absolute atomic E-state index is 13.3. The van der Waals surface area contributed by atoms with Crippen LogP contribution >= 0.6 is 0 Å². The smallest absolute Gasteiger partial charge is 0.417 e. The Morgan fingerprint density at radius 1 is 1.03 bits per heavy atom. The van der Waals surface area contributed by atoms with Crippen LogP contribution in [0.25, 0.3) is 10.9 Å². The van der Waals surface area contributed by atoms with E-state index in [0.717, 1.165) is 43.6 Å². The summed E-state index contributed by atoms with van der Waals surface area (Å²) in [4.78, 5) is 23.7. The fourth-order valence-electron chi connectivity index (χ4n) is 5.72. The Balaban J connectivity index is 1.21. The van der Waals surface area contributed by atoms with Gasteiger partial charge in [-0.2, -0.15) is 13.2 Å². The SMILES string of the molecule is O=C(c1ccc2cc(Oc3ccc(C(F)(F)F)cn3)ccc2n1)N1[C@@H]2CC[C@H]1C1CNCC12. The quantitative estimate of drug-likeness (QED) is 0.641. The zero-order chi connectivity index (χ0) is 22.7. The standard InChI is InChI=1S/C24H21F3N4O2/c25-24(26,27)14-2-8-22(29-10-14)33-15-3-5-18-13(9-15)1-4-19(30-18)23(32)31-20-6-7-21(31)17-12-28-11-16(17)20/h1-5,8-10,16-17,20-21,28H,6-7,11-12H2/t16?,17?,20-,21+. The molecule has 6 rings (SSSR count). The van der Waals surface area contributed by atoms with Crippen molar-refractivity contribution in [1.29, 1.82) is 0 Å². The van der Waals surface area contributed by atoms with Gasteiger partial charge in [0.2, 0.25) is 5.88 Å². The molecule has 3 aliphatic heterocycles. The number of carbonyl (C=O) groups excluding carboxylic acids is 1. The lowest BCUT2D eigenvalue weighted by Crippen LogP contribution is -2.39. The zero-order valence-electron chi connectivity index (χ0n) is 17.5. The molecule has 4 atom stereocenters. The summed E-state index contributed by atoms with van der Waals surface area (Å²) in [6.07, 6.45) is -1.58. The minimum absolute atomic E-state index is 0.00641. The molecule has 5 heterocycles. The Morgan fingerprint density at radius 2 is 1.79 bits per heavy atom. The van der Waals surface area contributed by atoms with Gasteiger partial charge in [-0.1, -0.05) is 6.07 Å². The second-order valence-corrected chi connectivity index (χ2v) is 8.95. The average Bonchev–Trinajstić information content (AvgIpc) is 3.51. The van der Waals surface area contributed by atoms with Crippen LogP contribution in [-0.2, 0) is 6.18 Å². The molecule has 170 valence electrons. The average molecular weight is 454 g/mol. The van der Waals surface area contributed by atoms with E-state index in [2.05, 4.69) is 20.2 Å². The molecule has 1 N–H and O–H groups in total. The number of ether oxygens (including phenoxy) is 1. The molecule has 33 heavy (non-hydrogen) atoms. The number of rotatable bonds is 3. The first-order valence-electron chi connectivity index (χ1n) is 11.0. The molecule has 3 saturated heterocycles. The van der Waals surface area contributed by atoms with Gasteiger partial charge in [0, 0.05) is 42.8 Å². The van der Waals surface area contributed by atoms with E-state index in [1.807, 2.05) is 6.07 Å². The highest BCUT2D eigenvalue weighted by Gasteiger charge is 2.56. The summed E-state index contributed by atoms with van der Waals surface area (Å²) in [5.74, 6) is 1.58. The number of alkyl halides is 3. The predicted octanol–water partition coefficient (Wildman–Crippen LogP) is 4.26. The molecule has 2 bridgehead atoms. The molecule has 1 aromatic carbocycles. The third-order valence-corrected chi connectivity index (χ3v) is 7.17. The molecule has 6 nitrogen and oxygen atoms in total. The van der Waals surface area contributed by atoms with Crippen LogP contribution in [-0.4, -0.2) is 45.9 Å². The number of fused-ring (bicyclic) bond motifs is 6. The van der Waals surface area contributed by atoms with Gasteiger partial charge in [-0.15, -0.1) is 0 Å². The van der Waals surface area contributed by atoms with E-state index in [0.29, 0.717) is 40.9 Å². The summed E-state index contributed by atoms with van der Waals surface area (Å²) in [7, 11) is 0. The monoisotopic (exact) mass is 454 g/mol. The lowest BCUT2D eigenvalue weighted by atomic mass is 9.82. The van der Waals surface area contributed by atoms with E-state index in [-0.39, 0.29) is 11.8 Å². The second-order valence-electron chi connectivity index (χ2n) is 8.95. The van der Waals surface area contributed by atoms with Crippen molar-refractivity contribution in [2.24, 2.45) is 11.8 Å². The van der Waals surface area contributed by atoms with Gasteiger partial charge >= 0.3 is 6.18 Å². The number of amides is 1. The third-order valence-electron chi connectivity index (χ3n) is 7.17. The minimum Gasteiger partial charge on any atom is -0.439 e. The molecule has 1 amide bonds. The van der Waals surface area contributed by atoms with E-state index in [1.54, 1.807) is 24.3 Å². The first kappa shape index (κ1) is 20.4. The van der Waals surface area contributed by atoms with Crippen molar-refractivity contribution in [2.75, 3.05) is 13.1 Å². The van der Waals surface area contributed by atoms with E-state index in [4.69, 9.17) is 4.74 Å². The van der Waals surface area contributed by atoms with Crippen LogP contribution in [0.3, 0.4) is 0 Å². The van der Waals surface area contributed by atoms with Crippen LogP contribution in [0.2, 0.25) is 0 Å². The highest BCUT2D eigenvalue weighted by atomic mass is 19.4. The van der Waals surface area contributed by atoms with Crippen LogP contribution in [0.1, 0.15) is 28.9 Å². The van der Waals surface area contributed by atoms with Crippen molar-refractivity contribution in [1.82, 2.24) is 20.2 Å². The molecular formula is C24H21F3N4O2. The first-order chi connectivity index (χ1) is 15.9. The number of halogens is 3. The van der Waals surface area contributed by atoms with Gasteiger partial charge in [0.25, 0.3) is 5.91 Å². The first-order valence-corrected chi connectivity index (χ1v) is 11.0. The summed E-state index contributed by atoms with van der Waals surface area (Å²) >= 11 is 0. The van der Waals surface area contributed by atoms with Crippen molar-refractivity contribution in [3.05, 3.63) is 59.9 Å². The van der Waals surface area contributed by atoms with Crippen molar-refractivity contribution in [3.8, 4) is 11.6 Å². The Morgan fingerprint density at radius 3 is 2.45 bits per heavy atom. The molecule has 0 spiro atoms. The van der Waals surface area contributed by atoms with Crippen LogP contribution in [0.4, 0.5) is 13.2 Å². The van der Waals surface area contributed by atoms with Crippen LogP contribution in [0, 0.1) is 11.8 Å². The number of hydrogen-bond acceptors (Lipinski definition) is 5.